The van der Waals surface area contributed by atoms with Crippen molar-refractivity contribution in [3.05, 3.63) is 50.9 Å². The van der Waals surface area contributed by atoms with E-state index in [4.69, 9.17) is 4.74 Å². The van der Waals surface area contributed by atoms with Crippen LogP contribution in [-0.2, 0) is 11.3 Å². The van der Waals surface area contributed by atoms with E-state index in [-0.39, 0.29) is 11.8 Å². The molecule has 0 heterocycles. The molecule has 2 aromatic carbocycles. The fourth-order valence-corrected chi connectivity index (χ4v) is 3.67. The standard InChI is InChI=1S/C19H22Br2N2O2/c1-4-25-18-16(20)9-13(10-17(18)21)11-22-14-5-7-15(8-6-14)23-19(24)12(2)3/h5-10,12,22H,4,11H2,1-3H3,(H,23,24). The lowest BCUT2D eigenvalue weighted by atomic mass is 10.2. The molecule has 0 atom stereocenters. The van der Waals surface area contributed by atoms with Crippen LogP contribution < -0.4 is 15.4 Å². The lowest BCUT2D eigenvalue weighted by Crippen LogP contribution is -2.17. The highest BCUT2D eigenvalue weighted by atomic mass is 79.9. The van der Waals surface area contributed by atoms with Gasteiger partial charge in [-0.1, -0.05) is 13.8 Å². The third-order valence-corrected chi connectivity index (χ3v) is 4.70. The average Bonchev–Trinajstić information content (AvgIpc) is 2.57. The number of hydrogen-bond acceptors (Lipinski definition) is 3. The largest absolute Gasteiger partial charge is 0.492 e. The molecule has 134 valence electrons. The van der Waals surface area contributed by atoms with Crippen LogP contribution in [0.2, 0.25) is 0 Å². The van der Waals surface area contributed by atoms with Crippen LogP contribution in [0.4, 0.5) is 11.4 Å². The molecule has 25 heavy (non-hydrogen) atoms. The van der Waals surface area contributed by atoms with E-state index in [0.29, 0.717) is 13.2 Å². The van der Waals surface area contributed by atoms with Crippen molar-refractivity contribution in [1.29, 1.82) is 0 Å². The molecule has 0 saturated carbocycles. The smallest absolute Gasteiger partial charge is 0.226 e. The lowest BCUT2D eigenvalue weighted by Gasteiger charge is -2.13. The number of rotatable bonds is 7. The minimum Gasteiger partial charge on any atom is -0.492 e. The Morgan fingerprint density at radius 3 is 2.16 bits per heavy atom. The Morgan fingerprint density at radius 2 is 1.64 bits per heavy atom. The molecule has 0 bridgehead atoms. The Balaban J connectivity index is 1.98. The Labute approximate surface area is 165 Å². The Bertz CT molecular complexity index is 708. The van der Waals surface area contributed by atoms with Crippen LogP contribution >= 0.6 is 31.9 Å². The fraction of sp³-hybridized carbons (Fsp3) is 0.316. The van der Waals surface area contributed by atoms with Gasteiger partial charge in [-0.05, 0) is 80.7 Å². The molecule has 0 aliphatic carbocycles. The second kappa shape index (κ2) is 9.25. The zero-order chi connectivity index (χ0) is 18.4. The number of ether oxygens (including phenoxy) is 1. The van der Waals surface area contributed by atoms with E-state index in [9.17, 15) is 4.79 Å². The molecular weight excluding hydrogens is 448 g/mol. The molecule has 6 heteroatoms. The average molecular weight is 470 g/mol. The number of benzene rings is 2. The number of carbonyl (C=O) groups is 1. The maximum absolute atomic E-state index is 11.7. The predicted octanol–water partition coefficient (Wildman–Crippen LogP) is 5.82. The van der Waals surface area contributed by atoms with Crippen molar-refractivity contribution in [2.75, 3.05) is 17.2 Å². The van der Waals surface area contributed by atoms with Crippen molar-refractivity contribution in [2.24, 2.45) is 5.92 Å². The van der Waals surface area contributed by atoms with Crippen LogP contribution in [0, 0.1) is 5.92 Å². The Hall–Kier alpha value is -1.53. The summed E-state index contributed by atoms with van der Waals surface area (Å²) in [5.41, 5.74) is 2.92. The van der Waals surface area contributed by atoms with Crippen LogP contribution in [0.3, 0.4) is 0 Å². The summed E-state index contributed by atoms with van der Waals surface area (Å²) in [6.07, 6.45) is 0. The van der Waals surface area contributed by atoms with Crippen LogP contribution in [-0.4, -0.2) is 12.5 Å². The molecule has 2 rings (SSSR count). The minimum absolute atomic E-state index is 0.0183. The fourth-order valence-electron chi connectivity index (χ4n) is 2.16. The van der Waals surface area contributed by atoms with E-state index in [0.717, 1.165) is 31.6 Å². The van der Waals surface area contributed by atoms with Crippen molar-refractivity contribution in [3.63, 3.8) is 0 Å². The van der Waals surface area contributed by atoms with Crippen LogP contribution in [0.1, 0.15) is 26.3 Å². The van der Waals surface area contributed by atoms with Crippen LogP contribution in [0.15, 0.2) is 45.3 Å². The quantitative estimate of drug-likeness (QED) is 0.537. The molecule has 0 spiro atoms. The molecule has 4 nitrogen and oxygen atoms in total. The van der Waals surface area contributed by atoms with E-state index in [2.05, 4.69) is 42.5 Å². The van der Waals surface area contributed by atoms with E-state index >= 15 is 0 Å². The van der Waals surface area contributed by atoms with Crippen molar-refractivity contribution in [3.8, 4) is 5.75 Å². The maximum atomic E-state index is 11.7. The van der Waals surface area contributed by atoms with Gasteiger partial charge in [0, 0.05) is 23.8 Å². The molecule has 0 aliphatic heterocycles. The number of hydrogen-bond donors (Lipinski definition) is 2. The zero-order valence-corrected chi connectivity index (χ0v) is 17.7. The number of halogens is 2. The summed E-state index contributed by atoms with van der Waals surface area (Å²) in [4.78, 5) is 11.7. The number of amides is 1. The Morgan fingerprint density at radius 1 is 1.08 bits per heavy atom. The van der Waals surface area contributed by atoms with Gasteiger partial charge < -0.3 is 15.4 Å². The molecule has 0 fully saturated rings. The van der Waals surface area contributed by atoms with Gasteiger partial charge in [-0.2, -0.15) is 0 Å². The molecule has 0 radical (unpaired) electrons. The first-order valence-corrected chi connectivity index (χ1v) is 9.74. The molecule has 0 aliphatic rings. The SMILES string of the molecule is CCOc1c(Br)cc(CNc2ccc(NC(=O)C(C)C)cc2)cc1Br. The summed E-state index contributed by atoms with van der Waals surface area (Å²) in [7, 11) is 0. The highest BCUT2D eigenvalue weighted by Gasteiger charge is 2.09. The molecule has 0 unspecified atom stereocenters. The van der Waals surface area contributed by atoms with Crippen LogP contribution in [0.25, 0.3) is 0 Å². The molecular formula is C19H22Br2N2O2. The second-order valence-corrected chi connectivity index (χ2v) is 7.61. The van der Waals surface area contributed by atoms with Gasteiger partial charge in [0.05, 0.1) is 15.6 Å². The summed E-state index contributed by atoms with van der Waals surface area (Å²) < 4.78 is 7.44. The number of carbonyl (C=O) groups excluding carboxylic acids is 1. The van der Waals surface area contributed by atoms with Gasteiger partial charge in [0.25, 0.3) is 0 Å². The first-order chi connectivity index (χ1) is 11.9. The van der Waals surface area contributed by atoms with Gasteiger partial charge in [-0.15, -0.1) is 0 Å². The van der Waals surface area contributed by atoms with Gasteiger partial charge in [-0.25, -0.2) is 0 Å². The van der Waals surface area contributed by atoms with E-state index in [1.54, 1.807) is 0 Å². The first-order valence-electron chi connectivity index (χ1n) is 8.16. The Kier molecular flexibility index (Phi) is 7.32. The lowest BCUT2D eigenvalue weighted by molar-refractivity contribution is -0.118. The first kappa shape index (κ1) is 19.8. The highest BCUT2D eigenvalue weighted by molar-refractivity contribution is 9.11. The summed E-state index contributed by atoms with van der Waals surface area (Å²) >= 11 is 7.09. The molecule has 0 saturated heterocycles. The van der Waals surface area contributed by atoms with E-state index < -0.39 is 0 Å². The second-order valence-electron chi connectivity index (χ2n) is 5.90. The summed E-state index contributed by atoms with van der Waals surface area (Å²) in [5.74, 6) is 0.802. The van der Waals surface area contributed by atoms with Gasteiger partial charge in [-0.3, -0.25) is 4.79 Å². The highest BCUT2D eigenvalue weighted by Crippen LogP contribution is 2.35. The summed E-state index contributed by atoms with van der Waals surface area (Å²) in [6.45, 7) is 7.01. The molecule has 0 aromatic heterocycles. The van der Waals surface area contributed by atoms with Crippen molar-refractivity contribution in [2.45, 2.75) is 27.3 Å². The molecule has 1 amide bonds. The minimum atomic E-state index is -0.0330. The normalized spacial score (nSPS) is 10.6. The third kappa shape index (κ3) is 5.75. The predicted molar refractivity (Wildman–Crippen MR) is 110 cm³/mol. The van der Waals surface area contributed by atoms with Gasteiger partial charge in [0.2, 0.25) is 5.91 Å². The topological polar surface area (TPSA) is 50.4 Å². The van der Waals surface area contributed by atoms with Crippen molar-refractivity contribution >= 4 is 49.1 Å². The van der Waals surface area contributed by atoms with Crippen LogP contribution in [0.5, 0.6) is 5.75 Å². The maximum Gasteiger partial charge on any atom is 0.226 e. The number of anilines is 2. The van der Waals surface area contributed by atoms with Crippen molar-refractivity contribution in [1.82, 2.24) is 0 Å². The van der Waals surface area contributed by atoms with Gasteiger partial charge in [0.1, 0.15) is 5.75 Å². The summed E-state index contributed by atoms with van der Waals surface area (Å²) in [6, 6.07) is 11.8. The monoisotopic (exact) mass is 468 g/mol. The molecule has 2 N–H and O–H groups in total. The molecule has 2 aromatic rings. The summed E-state index contributed by atoms with van der Waals surface area (Å²) in [5, 5.41) is 6.26. The van der Waals surface area contributed by atoms with Gasteiger partial charge in [0.15, 0.2) is 0 Å². The zero-order valence-electron chi connectivity index (χ0n) is 14.5. The third-order valence-electron chi connectivity index (χ3n) is 3.52. The van der Waals surface area contributed by atoms with E-state index in [1.165, 1.54) is 0 Å². The van der Waals surface area contributed by atoms with Crippen molar-refractivity contribution < 1.29 is 9.53 Å². The number of nitrogens with one attached hydrogen (secondary N) is 2. The van der Waals surface area contributed by atoms with Gasteiger partial charge >= 0.3 is 0 Å². The van der Waals surface area contributed by atoms with E-state index in [1.807, 2.05) is 57.2 Å².